The lowest BCUT2D eigenvalue weighted by molar-refractivity contribution is 0.461. The highest BCUT2D eigenvalue weighted by Crippen LogP contribution is 2.23. The van der Waals surface area contributed by atoms with Crippen molar-refractivity contribution in [1.82, 2.24) is 10.2 Å². The van der Waals surface area contributed by atoms with E-state index in [2.05, 4.69) is 20.2 Å². The highest BCUT2D eigenvalue weighted by molar-refractivity contribution is 7.94. The molecule has 1 saturated carbocycles. The largest absolute Gasteiger partial charge is 0.366 e. The number of nitrogens with zero attached hydrogens (tertiary/aromatic N) is 2. The van der Waals surface area contributed by atoms with Gasteiger partial charge >= 0.3 is 0 Å². The van der Waals surface area contributed by atoms with Gasteiger partial charge in [-0.15, -0.1) is 21.5 Å². The zero-order chi connectivity index (χ0) is 16.3. The minimum atomic E-state index is -3.59. The Labute approximate surface area is 140 Å². The normalized spacial score (nSPS) is 16.2. The van der Waals surface area contributed by atoms with Crippen LogP contribution in [0.15, 0.2) is 28.5 Å². The van der Waals surface area contributed by atoms with Gasteiger partial charge in [-0.05, 0) is 44.0 Å². The van der Waals surface area contributed by atoms with Crippen LogP contribution < -0.4 is 10.0 Å². The second kappa shape index (κ2) is 6.84. The monoisotopic (exact) mass is 352 g/mol. The fourth-order valence-electron chi connectivity index (χ4n) is 2.66. The summed E-state index contributed by atoms with van der Waals surface area (Å²) >= 11 is 1.23. The molecule has 1 fully saturated rings. The molecule has 0 unspecified atom stereocenters. The zero-order valence-corrected chi connectivity index (χ0v) is 14.6. The summed E-state index contributed by atoms with van der Waals surface area (Å²) in [4.78, 5) is 0.948. The molecule has 3 rings (SSSR count). The van der Waals surface area contributed by atoms with Crippen molar-refractivity contribution in [3.05, 3.63) is 29.1 Å². The van der Waals surface area contributed by atoms with Crippen LogP contribution in [0.25, 0.3) is 0 Å². The van der Waals surface area contributed by atoms with E-state index in [4.69, 9.17) is 0 Å². The summed E-state index contributed by atoms with van der Waals surface area (Å²) in [6.45, 7) is 1.87. The Morgan fingerprint density at radius 2 is 1.74 bits per heavy atom. The molecule has 6 nitrogen and oxygen atoms in total. The third kappa shape index (κ3) is 4.20. The lowest BCUT2D eigenvalue weighted by Gasteiger charge is -2.22. The predicted molar refractivity (Wildman–Crippen MR) is 92.4 cm³/mol. The van der Waals surface area contributed by atoms with Gasteiger partial charge in [-0.25, -0.2) is 8.42 Å². The van der Waals surface area contributed by atoms with Crippen molar-refractivity contribution in [3.8, 4) is 0 Å². The lowest BCUT2D eigenvalue weighted by Crippen LogP contribution is -2.23. The zero-order valence-electron chi connectivity index (χ0n) is 12.9. The SMILES string of the molecule is Cc1ccc(S(=O)(=O)Nc2ccc(NC3CCCCC3)nn2)s1. The van der Waals surface area contributed by atoms with E-state index in [1.54, 1.807) is 24.3 Å². The molecule has 0 saturated heterocycles. The van der Waals surface area contributed by atoms with Gasteiger partial charge in [0, 0.05) is 10.9 Å². The summed E-state index contributed by atoms with van der Waals surface area (Å²) in [7, 11) is -3.59. The average molecular weight is 352 g/mol. The van der Waals surface area contributed by atoms with Gasteiger partial charge in [-0.2, -0.15) is 0 Å². The van der Waals surface area contributed by atoms with Gasteiger partial charge in [0.25, 0.3) is 10.0 Å². The van der Waals surface area contributed by atoms with Crippen LogP contribution in [0.5, 0.6) is 0 Å². The summed E-state index contributed by atoms with van der Waals surface area (Å²) in [5, 5.41) is 11.4. The molecule has 0 spiro atoms. The van der Waals surface area contributed by atoms with E-state index in [1.807, 2.05) is 6.92 Å². The van der Waals surface area contributed by atoms with E-state index in [-0.39, 0.29) is 10.0 Å². The van der Waals surface area contributed by atoms with Crippen LogP contribution in [0.1, 0.15) is 37.0 Å². The number of rotatable bonds is 5. The first-order chi connectivity index (χ1) is 11.0. The van der Waals surface area contributed by atoms with E-state index in [9.17, 15) is 8.42 Å². The molecule has 0 amide bonds. The van der Waals surface area contributed by atoms with Crippen LogP contribution in [0.2, 0.25) is 0 Å². The summed E-state index contributed by atoms with van der Waals surface area (Å²) < 4.78 is 27.2. The topological polar surface area (TPSA) is 84.0 Å². The Bertz CT molecular complexity index is 750. The van der Waals surface area contributed by atoms with Crippen molar-refractivity contribution in [3.63, 3.8) is 0 Å². The molecule has 0 aromatic carbocycles. The van der Waals surface area contributed by atoms with Gasteiger partial charge in [0.15, 0.2) is 5.82 Å². The molecular weight excluding hydrogens is 332 g/mol. The van der Waals surface area contributed by atoms with Gasteiger partial charge in [0.1, 0.15) is 10.0 Å². The predicted octanol–water partition coefficient (Wildman–Crippen LogP) is 3.39. The van der Waals surface area contributed by atoms with Crippen LogP contribution in [0, 0.1) is 6.92 Å². The van der Waals surface area contributed by atoms with Crippen molar-refractivity contribution >= 4 is 33.0 Å². The second-order valence-electron chi connectivity index (χ2n) is 5.75. The van der Waals surface area contributed by atoms with E-state index >= 15 is 0 Å². The summed E-state index contributed by atoms with van der Waals surface area (Å²) in [6, 6.07) is 7.21. The third-order valence-electron chi connectivity index (χ3n) is 3.84. The molecule has 8 heteroatoms. The summed E-state index contributed by atoms with van der Waals surface area (Å²) in [5.41, 5.74) is 0. The molecule has 1 aliphatic carbocycles. The molecule has 0 atom stereocenters. The first kappa shape index (κ1) is 16.2. The molecule has 2 aromatic heterocycles. The fraction of sp³-hybridized carbons (Fsp3) is 0.467. The van der Waals surface area contributed by atoms with Crippen molar-refractivity contribution in [2.45, 2.75) is 49.3 Å². The Kier molecular flexibility index (Phi) is 4.82. The number of thiophene rings is 1. The smallest absolute Gasteiger partial charge is 0.272 e. The first-order valence-electron chi connectivity index (χ1n) is 7.72. The number of hydrogen-bond acceptors (Lipinski definition) is 6. The minimum absolute atomic E-state index is 0.227. The fourth-order valence-corrected chi connectivity index (χ4v) is 4.94. The molecule has 0 bridgehead atoms. The van der Waals surface area contributed by atoms with Crippen molar-refractivity contribution in [1.29, 1.82) is 0 Å². The maximum Gasteiger partial charge on any atom is 0.272 e. The molecule has 124 valence electrons. The van der Waals surface area contributed by atoms with E-state index in [1.165, 1.54) is 30.6 Å². The lowest BCUT2D eigenvalue weighted by atomic mass is 9.95. The van der Waals surface area contributed by atoms with Crippen LogP contribution in [-0.4, -0.2) is 24.7 Å². The maximum absolute atomic E-state index is 12.2. The highest BCUT2D eigenvalue weighted by atomic mass is 32.2. The number of sulfonamides is 1. The van der Waals surface area contributed by atoms with E-state index < -0.39 is 10.0 Å². The number of anilines is 2. The average Bonchev–Trinajstić information content (AvgIpc) is 2.98. The van der Waals surface area contributed by atoms with Crippen LogP contribution in [-0.2, 0) is 10.0 Å². The van der Waals surface area contributed by atoms with Gasteiger partial charge in [-0.1, -0.05) is 19.3 Å². The molecule has 2 N–H and O–H groups in total. The highest BCUT2D eigenvalue weighted by Gasteiger charge is 2.18. The van der Waals surface area contributed by atoms with Gasteiger partial charge in [0.2, 0.25) is 0 Å². The molecule has 23 heavy (non-hydrogen) atoms. The quantitative estimate of drug-likeness (QED) is 0.862. The van der Waals surface area contributed by atoms with Gasteiger partial charge in [0.05, 0.1) is 0 Å². The van der Waals surface area contributed by atoms with Crippen molar-refractivity contribution in [2.24, 2.45) is 0 Å². The molecule has 2 heterocycles. The maximum atomic E-state index is 12.2. The number of aromatic nitrogens is 2. The molecule has 0 aliphatic heterocycles. The second-order valence-corrected chi connectivity index (χ2v) is 8.95. The number of hydrogen-bond donors (Lipinski definition) is 2. The standard InChI is InChI=1S/C15H20N4O2S2/c1-11-7-10-15(22-11)23(20,21)19-14-9-8-13(17-18-14)16-12-5-3-2-4-6-12/h7-10,12H,2-6H2,1H3,(H,16,17)(H,18,19). The summed E-state index contributed by atoms with van der Waals surface area (Å²) in [5.74, 6) is 0.914. The molecule has 2 aromatic rings. The molecular formula is C15H20N4O2S2. The Hall–Kier alpha value is -1.67. The minimum Gasteiger partial charge on any atom is -0.366 e. The van der Waals surface area contributed by atoms with Crippen LogP contribution in [0.3, 0.4) is 0 Å². The van der Waals surface area contributed by atoms with Crippen LogP contribution in [0.4, 0.5) is 11.6 Å². The first-order valence-corrected chi connectivity index (χ1v) is 10.0. The van der Waals surface area contributed by atoms with Crippen LogP contribution >= 0.6 is 11.3 Å². The van der Waals surface area contributed by atoms with E-state index in [0.29, 0.717) is 11.9 Å². The van der Waals surface area contributed by atoms with Crippen molar-refractivity contribution in [2.75, 3.05) is 10.0 Å². The van der Waals surface area contributed by atoms with E-state index in [0.717, 1.165) is 17.7 Å². The Balaban J connectivity index is 1.65. The van der Waals surface area contributed by atoms with Crippen molar-refractivity contribution < 1.29 is 8.42 Å². The Morgan fingerprint density at radius 1 is 1.04 bits per heavy atom. The number of aryl methyl sites for hydroxylation is 1. The molecule has 0 radical (unpaired) electrons. The van der Waals surface area contributed by atoms with Gasteiger partial charge < -0.3 is 5.32 Å². The molecule has 1 aliphatic rings. The Morgan fingerprint density at radius 3 is 2.35 bits per heavy atom. The third-order valence-corrected chi connectivity index (χ3v) is 6.69. The number of nitrogens with one attached hydrogen (secondary N) is 2. The van der Waals surface area contributed by atoms with Gasteiger partial charge in [-0.3, -0.25) is 4.72 Å². The summed E-state index contributed by atoms with van der Waals surface area (Å²) in [6.07, 6.45) is 6.07.